The molecule has 1 heterocycles. The summed E-state index contributed by atoms with van der Waals surface area (Å²) in [7, 11) is 0. The van der Waals surface area contributed by atoms with Crippen LogP contribution in [0.25, 0.3) is 0 Å². The van der Waals surface area contributed by atoms with Gasteiger partial charge in [0.25, 0.3) is 0 Å². The molecule has 0 radical (unpaired) electrons. The van der Waals surface area contributed by atoms with Crippen LogP contribution in [0.2, 0.25) is 0 Å². The van der Waals surface area contributed by atoms with Crippen molar-refractivity contribution in [1.29, 1.82) is 0 Å². The quantitative estimate of drug-likeness (QED) is 0.670. The minimum Gasteiger partial charge on any atom is -0.444 e. The first-order valence-corrected chi connectivity index (χ1v) is 8.52. The number of anilines is 3. The van der Waals surface area contributed by atoms with E-state index in [1.807, 2.05) is 0 Å². The molecule has 3 N–H and O–H groups in total. The number of ether oxygens (including phenoxy) is 1. The maximum absolute atomic E-state index is 13.6. The van der Waals surface area contributed by atoms with Gasteiger partial charge in [0.1, 0.15) is 17.5 Å². The van der Waals surface area contributed by atoms with Gasteiger partial charge in [0.05, 0.1) is 23.3 Å². The van der Waals surface area contributed by atoms with E-state index in [0.29, 0.717) is 5.69 Å². The van der Waals surface area contributed by atoms with Crippen molar-refractivity contribution in [3.05, 3.63) is 48.3 Å². The van der Waals surface area contributed by atoms with E-state index < -0.39 is 35.4 Å². The summed E-state index contributed by atoms with van der Waals surface area (Å²) < 4.78 is 31.7. The lowest BCUT2D eigenvalue weighted by Crippen LogP contribution is -2.44. The molecule has 28 heavy (non-hydrogen) atoms. The third-order valence-corrected chi connectivity index (χ3v) is 3.37. The van der Waals surface area contributed by atoms with Crippen LogP contribution in [0.3, 0.4) is 0 Å². The van der Waals surface area contributed by atoms with Gasteiger partial charge in [-0.15, -0.1) is 0 Å². The molecule has 9 heteroatoms. The zero-order valence-electron chi connectivity index (χ0n) is 16.0. The van der Waals surface area contributed by atoms with Crippen molar-refractivity contribution in [3.8, 4) is 0 Å². The Balaban J connectivity index is 2.09. The highest BCUT2D eigenvalue weighted by Gasteiger charge is 2.21. The normalized spacial score (nSPS) is 12.1. The van der Waals surface area contributed by atoms with Crippen molar-refractivity contribution in [3.63, 3.8) is 0 Å². The van der Waals surface area contributed by atoms with Crippen LogP contribution >= 0.6 is 0 Å². The molecule has 0 aliphatic heterocycles. The minimum atomic E-state index is -0.903. The second-order valence-corrected chi connectivity index (χ2v) is 7.04. The zero-order valence-corrected chi connectivity index (χ0v) is 16.0. The summed E-state index contributed by atoms with van der Waals surface area (Å²) in [5, 5.41) is 7.89. The highest BCUT2D eigenvalue weighted by molar-refractivity contribution is 5.99. The lowest BCUT2D eigenvalue weighted by Gasteiger charge is -2.22. The lowest BCUT2D eigenvalue weighted by atomic mass is 10.2. The summed E-state index contributed by atoms with van der Waals surface area (Å²) in [5.74, 6) is -1.71. The SMILES string of the molecule is C[C@H](NC(=O)OC(C)(C)C)C(=O)Nc1ccc(F)cc1Nc1ccc(F)nc1. The topological polar surface area (TPSA) is 92.3 Å². The van der Waals surface area contributed by atoms with Gasteiger partial charge in [-0.25, -0.2) is 14.2 Å². The standard InChI is InChI=1S/C19H22F2N4O3/c1-11(23-18(27)28-19(2,3)4)17(26)25-14-7-5-12(20)9-15(14)24-13-6-8-16(21)22-10-13/h5-11,24H,1-4H3,(H,23,27)(H,25,26)/t11-/m0/s1. The van der Waals surface area contributed by atoms with Crippen molar-refractivity contribution >= 4 is 29.1 Å². The van der Waals surface area contributed by atoms with Crippen LogP contribution in [0.1, 0.15) is 27.7 Å². The van der Waals surface area contributed by atoms with Crippen molar-refractivity contribution in [2.45, 2.75) is 39.3 Å². The van der Waals surface area contributed by atoms with E-state index in [9.17, 15) is 18.4 Å². The number of alkyl carbamates (subject to hydrolysis) is 1. The van der Waals surface area contributed by atoms with E-state index in [2.05, 4.69) is 20.9 Å². The maximum atomic E-state index is 13.6. The Labute approximate surface area is 161 Å². The van der Waals surface area contributed by atoms with Gasteiger partial charge in [-0.3, -0.25) is 4.79 Å². The third kappa shape index (κ3) is 6.49. The summed E-state index contributed by atoms with van der Waals surface area (Å²) in [6.07, 6.45) is 0.503. The van der Waals surface area contributed by atoms with E-state index in [0.717, 1.165) is 6.07 Å². The highest BCUT2D eigenvalue weighted by atomic mass is 19.1. The predicted molar refractivity (Wildman–Crippen MR) is 101 cm³/mol. The molecule has 0 spiro atoms. The number of hydrogen-bond donors (Lipinski definition) is 3. The molecule has 2 rings (SSSR count). The van der Waals surface area contributed by atoms with Gasteiger partial charge >= 0.3 is 6.09 Å². The Kier molecular flexibility index (Phi) is 6.50. The summed E-state index contributed by atoms with van der Waals surface area (Å²) >= 11 is 0. The molecule has 0 aliphatic rings. The fourth-order valence-electron chi connectivity index (χ4n) is 2.13. The first-order chi connectivity index (χ1) is 13.0. The van der Waals surface area contributed by atoms with E-state index in [4.69, 9.17) is 4.74 Å². The van der Waals surface area contributed by atoms with Crippen LogP contribution in [0.5, 0.6) is 0 Å². The second kappa shape index (κ2) is 8.64. The molecule has 0 bridgehead atoms. The number of benzene rings is 1. The fourth-order valence-corrected chi connectivity index (χ4v) is 2.13. The molecule has 1 atom stereocenters. The number of rotatable bonds is 5. The van der Waals surface area contributed by atoms with Crippen LogP contribution in [-0.4, -0.2) is 28.6 Å². The number of nitrogens with one attached hydrogen (secondary N) is 3. The number of aromatic nitrogens is 1. The molecule has 0 aliphatic carbocycles. The summed E-state index contributed by atoms with van der Waals surface area (Å²) in [4.78, 5) is 27.7. The molecule has 0 unspecified atom stereocenters. The number of amides is 2. The molecule has 0 saturated carbocycles. The Morgan fingerprint density at radius 3 is 2.43 bits per heavy atom. The molecule has 1 aromatic heterocycles. The number of carbonyl (C=O) groups is 2. The van der Waals surface area contributed by atoms with E-state index in [-0.39, 0.29) is 11.4 Å². The fraction of sp³-hybridized carbons (Fsp3) is 0.316. The molecular weight excluding hydrogens is 370 g/mol. The van der Waals surface area contributed by atoms with Gasteiger partial charge in [-0.2, -0.15) is 4.39 Å². The third-order valence-electron chi connectivity index (χ3n) is 3.37. The first kappa shape index (κ1) is 21.1. The van der Waals surface area contributed by atoms with Crippen LogP contribution in [0.4, 0.5) is 30.6 Å². The lowest BCUT2D eigenvalue weighted by molar-refractivity contribution is -0.117. The Morgan fingerprint density at radius 1 is 1.11 bits per heavy atom. The van der Waals surface area contributed by atoms with Crippen LogP contribution in [-0.2, 0) is 9.53 Å². The monoisotopic (exact) mass is 392 g/mol. The molecule has 2 aromatic rings. The molecule has 1 aromatic carbocycles. The number of halogens is 2. The molecular formula is C19H22F2N4O3. The average molecular weight is 392 g/mol. The number of nitrogens with zero attached hydrogens (tertiary/aromatic N) is 1. The summed E-state index contributed by atoms with van der Waals surface area (Å²) in [5.41, 5.74) is 0.222. The minimum absolute atomic E-state index is 0.242. The molecule has 0 fully saturated rings. The smallest absolute Gasteiger partial charge is 0.408 e. The van der Waals surface area contributed by atoms with Gasteiger partial charge in [-0.1, -0.05) is 0 Å². The van der Waals surface area contributed by atoms with Crippen molar-refractivity contribution in [2.75, 3.05) is 10.6 Å². The van der Waals surface area contributed by atoms with Crippen molar-refractivity contribution in [1.82, 2.24) is 10.3 Å². The number of pyridine rings is 1. The van der Waals surface area contributed by atoms with Gasteiger partial charge in [0.2, 0.25) is 11.9 Å². The number of carbonyl (C=O) groups excluding carboxylic acids is 2. The van der Waals surface area contributed by atoms with E-state index in [1.54, 1.807) is 20.8 Å². The average Bonchev–Trinajstić information content (AvgIpc) is 2.57. The second-order valence-electron chi connectivity index (χ2n) is 7.04. The Morgan fingerprint density at radius 2 is 1.82 bits per heavy atom. The van der Waals surface area contributed by atoms with Crippen molar-refractivity contribution < 1.29 is 23.1 Å². The maximum Gasteiger partial charge on any atom is 0.408 e. The Hall–Kier alpha value is -3.23. The molecule has 2 amide bonds. The predicted octanol–water partition coefficient (Wildman–Crippen LogP) is 3.96. The van der Waals surface area contributed by atoms with Crippen LogP contribution in [0, 0.1) is 11.8 Å². The molecule has 0 saturated heterocycles. The summed E-state index contributed by atoms with van der Waals surface area (Å²) in [6, 6.07) is 5.38. The van der Waals surface area contributed by atoms with Crippen LogP contribution < -0.4 is 16.0 Å². The Bertz CT molecular complexity index is 851. The highest BCUT2D eigenvalue weighted by Crippen LogP contribution is 2.26. The van der Waals surface area contributed by atoms with Gasteiger partial charge in [0.15, 0.2) is 0 Å². The van der Waals surface area contributed by atoms with Gasteiger partial charge < -0.3 is 20.7 Å². The zero-order chi connectivity index (χ0) is 20.9. The van der Waals surface area contributed by atoms with Crippen molar-refractivity contribution in [2.24, 2.45) is 0 Å². The van der Waals surface area contributed by atoms with Gasteiger partial charge in [-0.05, 0) is 58.0 Å². The number of hydrogen-bond acceptors (Lipinski definition) is 5. The summed E-state index contributed by atoms with van der Waals surface area (Å²) in [6.45, 7) is 6.61. The largest absolute Gasteiger partial charge is 0.444 e. The van der Waals surface area contributed by atoms with Crippen LogP contribution in [0.15, 0.2) is 36.5 Å². The molecule has 7 nitrogen and oxygen atoms in total. The van der Waals surface area contributed by atoms with Gasteiger partial charge in [0, 0.05) is 0 Å². The van der Waals surface area contributed by atoms with E-state index in [1.165, 1.54) is 37.4 Å². The molecule has 150 valence electrons. The first-order valence-electron chi connectivity index (χ1n) is 8.52. The van der Waals surface area contributed by atoms with E-state index >= 15 is 0 Å².